The molecule has 0 bridgehead atoms. The van der Waals surface area contributed by atoms with Crippen LogP contribution in [0.15, 0.2) is 48.5 Å². The molecule has 6 nitrogen and oxygen atoms in total. The Labute approximate surface area is 170 Å². The van der Waals surface area contributed by atoms with E-state index in [0.717, 1.165) is 11.3 Å². The van der Waals surface area contributed by atoms with Gasteiger partial charge in [-0.1, -0.05) is 30.3 Å². The number of likely N-dealkylation sites (tertiary alicyclic amines) is 1. The van der Waals surface area contributed by atoms with Crippen molar-refractivity contribution < 1.29 is 19.1 Å². The number of fused-ring (bicyclic) bond motifs is 2. The maximum Gasteiger partial charge on any atom is 0.254 e. The summed E-state index contributed by atoms with van der Waals surface area (Å²) in [6.45, 7) is 2.53. The lowest BCUT2D eigenvalue weighted by molar-refractivity contribution is -0.129. The highest BCUT2D eigenvalue weighted by Gasteiger charge is 2.54. The van der Waals surface area contributed by atoms with E-state index in [4.69, 9.17) is 4.74 Å². The van der Waals surface area contributed by atoms with E-state index in [1.165, 1.54) is 0 Å². The van der Waals surface area contributed by atoms with Crippen LogP contribution in [0.3, 0.4) is 0 Å². The van der Waals surface area contributed by atoms with Gasteiger partial charge >= 0.3 is 0 Å². The predicted molar refractivity (Wildman–Crippen MR) is 108 cm³/mol. The van der Waals surface area contributed by atoms with E-state index in [9.17, 15) is 14.4 Å². The Balaban J connectivity index is 1.60. The van der Waals surface area contributed by atoms with E-state index in [0.29, 0.717) is 24.2 Å². The van der Waals surface area contributed by atoms with Crippen molar-refractivity contribution in [3.63, 3.8) is 0 Å². The molecule has 6 heteroatoms. The molecule has 2 amide bonds. The van der Waals surface area contributed by atoms with Crippen LogP contribution < -0.4 is 4.74 Å². The number of benzene rings is 2. The number of ether oxygens (including phenoxy) is 1. The summed E-state index contributed by atoms with van der Waals surface area (Å²) in [6, 6.07) is 14.0. The second-order valence-corrected chi connectivity index (χ2v) is 8.02. The molecule has 0 radical (unpaired) electrons. The molecule has 2 aromatic rings. The number of ketones is 1. The smallest absolute Gasteiger partial charge is 0.254 e. The molecule has 2 aliphatic heterocycles. The van der Waals surface area contributed by atoms with Crippen molar-refractivity contribution in [2.24, 2.45) is 5.41 Å². The first kappa shape index (κ1) is 19.2. The molecule has 1 fully saturated rings. The number of carbonyl (C=O) groups excluding carboxylic acids is 3. The quantitative estimate of drug-likeness (QED) is 0.805. The van der Waals surface area contributed by atoms with Crippen molar-refractivity contribution in [2.45, 2.75) is 19.4 Å². The second kappa shape index (κ2) is 7.03. The van der Waals surface area contributed by atoms with Crippen molar-refractivity contribution in [2.75, 3.05) is 27.2 Å². The molecule has 2 aromatic carbocycles. The Morgan fingerprint density at radius 2 is 1.76 bits per heavy atom. The average molecular weight is 392 g/mol. The largest absolute Gasteiger partial charge is 0.497 e. The summed E-state index contributed by atoms with van der Waals surface area (Å²) < 4.78 is 5.16. The molecule has 2 heterocycles. The molecule has 0 saturated carbocycles. The van der Waals surface area contributed by atoms with E-state index < -0.39 is 5.41 Å². The minimum absolute atomic E-state index is 0.0496. The first-order valence-corrected chi connectivity index (χ1v) is 9.67. The van der Waals surface area contributed by atoms with E-state index in [1.807, 2.05) is 31.2 Å². The van der Waals surface area contributed by atoms with Gasteiger partial charge in [0.05, 0.1) is 30.6 Å². The summed E-state index contributed by atoms with van der Waals surface area (Å²) >= 11 is 0. The molecule has 0 aromatic heterocycles. The topological polar surface area (TPSA) is 66.9 Å². The SMILES string of the molecule is COc1ccc(CC(=O)N2C[C@H]3N(C)C(=O)c4ccccc4C(=O)[C@@]3(C)C2)cc1. The molecule has 150 valence electrons. The summed E-state index contributed by atoms with van der Waals surface area (Å²) in [5.74, 6) is 0.440. The van der Waals surface area contributed by atoms with Crippen molar-refractivity contribution >= 4 is 17.6 Å². The monoisotopic (exact) mass is 392 g/mol. The lowest BCUT2D eigenvalue weighted by Crippen LogP contribution is -2.48. The van der Waals surface area contributed by atoms with Gasteiger partial charge in [-0.15, -0.1) is 0 Å². The second-order valence-electron chi connectivity index (χ2n) is 8.02. The Bertz CT molecular complexity index is 985. The third-order valence-electron chi connectivity index (χ3n) is 6.22. The zero-order valence-corrected chi connectivity index (χ0v) is 16.8. The molecule has 2 atom stereocenters. The summed E-state index contributed by atoms with van der Waals surface area (Å²) in [6.07, 6.45) is 0.245. The number of methoxy groups -OCH3 is 1. The minimum atomic E-state index is -0.827. The highest BCUT2D eigenvalue weighted by Crippen LogP contribution is 2.40. The number of hydrogen-bond acceptors (Lipinski definition) is 4. The van der Waals surface area contributed by atoms with Crippen molar-refractivity contribution in [1.82, 2.24) is 9.80 Å². The van der Waals surface area contributed by atoms with Crippen LogP contribution in [0.25, 0.3) is 0 Å². The molecular weight excluding hydrogens is 368 g/mol. The molecule has 0 N–H and O–H groups in total. The zero-order valence-electron chi connectivity index (χ0n) is 16.8. The van der Waals surface area contributed by atoms with E-state index in [2.05, 4.69) is 0 Å². The van der Waals surface area contributed by atoms with Crippen LogP contribution >= 0.6 is 0 Å². The number of hydrogen-bond donors (Lipinski definition) is 0. The molecule has 2 aliphatic rings. The van der Waals surface area contributed by atoms with Gasteiger partial charge in [0.2, 0.25) is 5.91 Å². The van der Waals surface area contributed by atoms with Gasteiger partial charge in [-0.3, -0.25) is 14.4 Å². The minimum Gasteiger partial charge on any atom is -0.497 e. The fraction of sp³-hybridized carbons (Fsp3) is 0.348. The van der Waals surface area contributed by atoms with Gasteiger partial charge in [-0.25, -0.2) is 0 Å². The van der Waals surface area contributed by atoms with Crippen LogP contribution in [-0.2, 0) is 11.2 Å². The molecule has 0 unspecified atom stereocenters. The highest BCUT2D eigenvalue weighted by molar-refractivity contribution is 6.12. The zero-order chi connectivity index (χ0) is 20.8. The van der Waals surface area contributed by atoms with Gasteiger partial charge in [-0.05, 0) is 30.7 Å². The predicted octanol–water partition coefficient (Wildman–Crippen LogP) is 2.42. The fourth-order valence-corrected chi connectivity index (χ4v) is 4.48. The molecule has 1 saturated heterocycles. The molecule has 0 aliphatic carbocycles. The number of amides is 2. The summed E-state index contributed by atoms with van der Waals surface area (Å²) in [4.78, 5) is 42.7. The maximum absolute atomic E-state index is 13.4. The van der Waals surface area contributed by atoms with Crippen molar-refractivity contribution in [3.8, 4) is 5.75 Å². The van der Waals surface area contributed by atoms with Crippen LogP contribution in [0, 0.1) is 5.41 Å². The Hall–Kier alpha value is -3.15. The third kappa shape index (κ3) is 3.09. The van der Waals surface area contributed by atoms with E-state index in [1.54, 1.807) is 48.2 Å². The van der Waals surface area contributed by atoms with E-state index in [-0.39, 0.29) is 30.1 Å². The van der Waals surface area contributed by atoms with Crippen LogP contribution in [0.5, 0.6) is 5.75 Å². The van der Waals surface area contributed by atoms with Gasteiger partial charge in [0.25, 0.3) is 5.91 Å². The molecule has 29 heavy (non-hydrogen) atoms. The normalized spacial score (nSPS) is 23.5. The highest BCUT2D eigenvalue weighted by atomic mass is 16.5. The third-order valence-corrected chi connectivity index (χ3v) is 6.22. The molecule has 4 rings (SSSR count). The first-order valence-electron chi connectivity index (χ1n) is 9.67. The van der Waals surface area contributed by atoms with Gasteiger partial charge < -0.3 is 14.5 Å². The Morgan fingerprint density at radius 1 is 1.10 bits per heavy atom. The molecular formula is C23H24N2O4. The standard InChI is InChI=1S/C23H24N2O4/c1-23-14-25(20(26)12-15-8-10-16(29-3)11-9-15)13-19(23)24(2)22(28)18-7-5-4-6-17(18)21(23)27/h4-11,19H,12-14H2,1-3H3/t19-,23+/m1/s1. The Kier molecular flexibility index (Phi) is 4.65. The van der Waals surface area contributed by atoms with Gasteiger partial charge in [0.1, 0.15) is 5.75 Å². The van der Waals surface area contributed by atoms with Crippen LogP contribution in [0.1, 0.15) is 33.2 Å². The van der Waals surface area contributed by atoms with Crippen LogP contribution in [0.2, 0.25) is 0 Å². The number of rotatable bonds is 3. The van der Waals surface area contributed by atoms with Crippen LogP contribution in [-0.4, -0.2) is 60.7 Å². The first-order chi connectivity index (χ1) is 13.8. The summed E-state index contributed by atoms with van der Waals surface area (Å²) in [5.41, 5.74) is 0.937. The fourth-order valence-electron chi connectivity index (χ4n) is 4.48. The number of Topliss-reactive ketones (excluding diaryl/α,β-unsaturated/α-hetero) is 1. The Morgan fingerprint density at radius 3 is 2.41 bits per heavy atom. The van der Waals surface area contributed by atoms with Gasteiger partial charge in [0.15, 0.2) is 5.78 Å². The van der Waals surface area contributed by atoms with Crippen molar-refractivity contribution in [1.29, 1.82) is 0 Å². The lowest BCUT2D eigenvalue weighted by Gasteiger charge is -2.32. The lowest BCUT2D eigenvalue weighted by atomic mass is 9.78. The van der Waals surface area contributed by atoms with Gasteiger partial charge in [0, 0.05) is 25.7 Å². The van der Waals surface area contributed by atoms with E-state index >= 15 is 0 Å². The average Bonchev–Trinajstić information content (AvgIpc) is 3.09. The summed E-state index contributed by atoms with van der Waals surface area (Å²) in [5, 5.41) is 0. The number of nitrogens with zero attached hydrogens (tertiary/aromatic N) is 2. The van der Waals surface area contributed by atoms with Crippen molar-refractivity contribution in [3.05, 3.63) is 65.2 Å². The van der Waals surface area contributed by atoms with Gasteiger partial charge in [-0.2, -0.15) is 0 Å². The summed E-state index contributed by atoms with van der Waals surface area (Å²) in [7, 11) is 3.32. The number of carbonyl (C=O) groups is 3. The van der Waals surface area contributed by atoms with Crippen LogP contribution in [0.4, 0.5) is 0 Å². The molecule has 0 spiro atoms. The number of likely N-dealkylation sites (N-methyl/N-ethyl adjacent to an activating group) is 1. The maximum atomic E-state index is 13.4.